The fourth-order valence-corrected chi connectivity index (χ4v) is 4.08. The van der Waals surface area contributed by atoms with Crippen molar-refractivity contribution in [3.8, 4) is 0 Å². The Morgan fingerprint density at radius 3 is 2.57 bits per heavy atom. The molecule has 1 saturated carbocycles. The number of nitrogens with one attached hydrogen (secondary N) is 1. The molecule has 1 aromatic rings. The predicted octanol–water partition coefficient (Wildman–Crippen LogP) is 2.36. The van der Waals surface area contributed by atoms with Crippen molar-refractivity contribution in [3.05, 3.63) is 35.2 Å². The Hall–Kier alpha value is -3.03. The summed E-state index contributed by atoms with van der Waals surface area (Å²) in [6.07, 6.45) is 4.05. The van der Waals surface area contributed by atoms with E-state index in [-0.39, 0.29) is 30.2 Å². The van der Waals surface area contributed by atoms with E-state index in [4.69, 9.17) is 4.74 Å². The van der Waals surface area contributed by atoms with E-state index in [9.17, 15) is 23.6 Å². The van der Waals surface area contributed by atoms with Crippen LogP contribution in [-0.2, 0) is 29.3 Å². The molecule has 1 aliphatic carbocycles. The van der Waals surface area contributed by atoms with Crippen LogP contribution in [0.2, 0.25) is 0 Å². The summed E-state index contributed by atoms with van der Waals surface area (Å²) < 4.78 is 20.0. The largest absolute Gasteiger partial charge is 0.457 e. The zero-order chi connectivity index (χ0) is 21.8. The topological polar surface area (TPSA) is 92.8 Å². The second-order valence-corrected chi connectivity index (χ2v) is 8.98. The SMILES string of the molecule is CC(C)(C)OC(=O)/C=C/c1cc2c(cc1F)N(C1CCC(=O)NC1=O)C(=O)C21CC1. The van der Waals surface area contributed by atoms with Crippen LogP contribution in [-0.4, -0.2) is 35.3 Å². The summed E-state index contributed by atoms with van der Waals surface area (Å²) in [7, 11) is 0. The number of benzene rings is 1. The summed E-state index contributed by atoms with van der Waals surface area (Å²) in [5.74, 6) is -2.36. The third-order valence-electron chi connectivity index (χ3n) is 5.60. The molecule has 2 heterocycles. The minimum absolute atomic E-state index is 0.127. The lowest BCUT2D eigenvalue weighted by molar-refractivity contribution is -0.148. The molecule has 1 saturated heterocycles. The number of hydrogen-bond donors (Lipinski definition) is 1. The van der Waals surface area contributed by atoms with E-state index in [0.29, 0.717) is 24.1 Å². The number of piperidine rings is 1. The number of imide groups is 1. The molecule has 30 heavy (non-hydrogen) atoms. The Bertz CT molecular complexity index is 1000. The van der Waals surface area contributed by atoms with Crippen molar-refractivity contribution in [2.75, 3.05) is 4.90 Å². The normalized spacial score (nSPS) is 22.5. The van der Waals surface area contributed by atoms with Crippen molar-refractivity contribution in [1.82, 2.24) is 5.32 Å². The fraction of sp³-hybridized carbons (Fsp3) is 0.455. The molecule has 1 spiro atoms. The highest BCUT2D eigenvalue weighted by atomic mass is 19.1. The Kier molecular flexibility index (Phi) is 4.56. The lowest BCUT2D eigenvalue weighted by Crippen LogP contribution is -2.54. The van der Waals surface area contributed by atoms with Crippen LogP contribution in [0.25, 0.3) is 6.08 Å². The van der Waals surface area contributed by atoms with Crippen molar-refractivity contribution in [2.24, 2.45) is 0 Å². The Morgan fingerprint density at radius 2 is 1.97 bits per heavy atom. The van der Waals surface area contributed by atoms with Gasteiger partial charge in [0.25, 0.3) is 0 Å². The third-order valence-corrected chi connectivity index (χ3v) is 5.60. The predicted molar refractivity (Wildman–Crippen MR) is 106 cm³/mol. The van der Waals surface area contributed by atoms with E-state index in [1.54, 1.807) is 26.8 Å². The molecule has 158 valence electrons. The van der Waals surface area contributed by atoms with Crippen LogP contribution < -0.4 is 10.2 Å². The quantitative estimate of drug-likeness (QED) is 0.466. The molecule has 0 bridgehead atoms. The average Bonchev–Trinajstić information content (AvgIpc) is 3.39. The number of nitrogens with zero attached hydrogens (tertiary/aromatic N) is 1. The van der Waals surface area contributed by atoms with Crippen LogP contribution in [0.15, 0.2) is 18.2 Å². The van der Waals surface area contributed by atoms with Gasteiger partial charge in [0.15, 0.2) is 0 Å². The van der Waals surface area contributed by atoms with Gasteiger partial charge in [-0.25, -0.2) is 9.18 Å². The van der Waals surface area contributed by atoms with Crippen LogP contribution in [0, 0.1) is 5.82 Å². The van der Waals surface area contributed by atoms with Gasteiger partial charge in [0.1, 0.15) is 17.5 Å². The molecule has 0 aromatic heterocycles. The molecule has 2 aliphatic heterocycles. The molecule has 7 nitrogen and oxygen atoms in total. The molecule has 1 aromatic carbocycles. The van der Waals surface area contributed by atoms with Crippen LogP contribution in [0.3, 0.4) is 0 Å². The van der Waals surface area contributed by atoms with Gasteiger partial charge in [-0.2, -0.15) is 0 Å². The van der Waals surface area contributed by atoms with Crippen molar-refractivity contribution in [3.63, 3.8) is 0 Å². The molecule has 1 atom stereocenters. The second-order valence-electron chi connectivity index (χ2n) is 8.98. The first-order valence-corrected chi connectivity index (χ1v) is 9.94. The molecule has 8 heteroatoms. The summed E-state index contributed by atoms with van der Waals surface area (Å²) in [4.78, 5) is 50.2. The number of carbonyl (C=O) groups is 4. The molecule has 3 amide bonds. The van der Waals surface area contributed by atoms with Gasteiger partial charge in [0, 0.05) is 18.1 Å². The minimum atomic E-state index is -0.837. The highest BCUT2D eigenvalue weighted by molar-refractivity contribution is 6.15. The summed E-state index contributed by atoms with van der Waals surface area (Å²) in [5, 5.41) is 2.25. The third kappa shape index (κ3) is 3.40. The molecular weight excluding hydrogens is 391 g/mol. The van der Waals surface area contributed by atoms with Crippen LogP contribution in [0.1, 0.15) is 57.6 Å². The first kappa shape index (κ1) is 20.3. The van der Waals surface area contributed by atoms with Crippen molar-refractivity contribution in [1.29, 1.82) is 0 Å². The highest BCUT2D eigenvalue weighted by Gasteiger charge is 2.61. The summed E-state index contributed by atoms with van der Waals surface area (Å²) >= 11 is 0. The summed E-state index contributed by atoms with van der Waals surface area (Å²) in [5.41, 5.74) is -0.227. The van der Waals surface area contributed by atoms with Gasteiger partial charge in [-0.15, -0.1) is 0 Å². The second kappa shape index (κ2) is 6.75. The van der Waals surface area contributed by atoms with Gasteiger partial charge in [0.2, 0.25) is 17.7 Å². The van der Waals surface area contributed by atoms with Crippen molar-refractivity contribution < 1.29 is 28.3 Å². The van der Waals surface area contributed by atoms with Gasteiger partial charge in [-0.05, 0) is 63.8 Å². The van der Waals surface area contributed by atoms with Crippen molar-refractivity contribution in [2.45, 2.75) is 63.5 Å². The molecule has 0 radical (unpaired) electrons. The molecule has 1 N–H and O–H groups in total. The van der Waals surface area contributed by atoms with E-state index >= 15 is 0 Å². The van der Waals surface area contributed by atoms with Gasteiger partial charge in [0.05, 0.1) is 11.1 Å². The summed E-state index contributed by atoms with van der Waals surface area (Å²) in [6, 6.07) is 1.97. The highest BCUT2D eigenvalue weighted by Crippen LogP contribution is 2.58. The maximum atomic E-state index is 14.8. The van der Waals surface area contributed by atoms with E-state index in [2.05, 4.69) is 5.32 Å². The Balaban J connectivity index is 1.67. The number of halogens is 1. The standard InChI is InChI=1S/C22H23FN2O5/c1-21(2,3)30-18(27)7-4-12-10-13-16(11-14(12)23)25(20(29)22(13)8-9-22)15-5-6-17(26)24-19(15)28/h4,7,10-11,15H,5-6,8-9H2,1-3H3,(H,24,26,28)/b7-4+. The van der Waals surface area contributed by atoms with Gasteiger partial charge >= 0.3 is 5.97 Å². The fourth-order valence-electron chi connectivity index (χ4n) is 4.08. The first-order valence-electron chi connectivity index (χ1n) is 9.94. The number of fused-ring (bicyclic) bond motifs is 2. The molecule has 4 rings (SSSR count). The molecule has 2 fully saturated rings. The van der Waals surface area contributed by atoms with E-state index in [0.717, 1.165) is 6.08 Å². The Labute approximate surface area is 173 Å². The number of hydrogen-bond acceptors (Lipinski definition) is 5. The zero-order valence-corrected chi connectivity index (χ0v) is 17.1. The smallest absolute Gasteiger partial charge is 0.331 e. The molecular formula is C22H23FN2O5. The van der Waals surface area contributed by atoms with Gasteiger partial charge in [-0.1, -0.05) is 0 Å². The van der Waals surface area contributed by atoms with E-state index in [1.807, 2.05) is 0 Å². The first-order chi connectivity index (χ1) is 14.0. The van der Waals surface area contributed by atoms with E-state index < -0.39 is 34.8 Å². The van der Waals surface area contributed by atoms with Crippen LogP contribution in [0.5, 0.6) is 0 Å². The number of esters is 1. The van der Waals surface area contributed by atoms with Gasteiger partial charge < -0.3 is 4.74 Å². The Morgan fingerprint density at radius 1 is 1.27 bits per heavy atom. The van der Waals surface area contributed by atoms with Crippen LogP contribution in [0.4, 0.5) is 10.1 Å². The van der Waals surface area contributed by atoms with Crippen LogP contribution >= 0.6 is 0 Å². The monoisotopic (exact) mass is 414 g/mol. The minimum Gasteiger partial charge on any atom is -0.457 e. The van der Waals surface area contributed by atoms with Gasteiger partial charge in [-0.3, -0.25) is 24.6 Å². The number of amides is 3. The maximum Gasteiger partial charge on any atom is 0.331 e. The number of rotatable bonds is 3. The average molecular weight is 414 g/mol. The van der Waals surface area contributed by atoms with Crippen molar-refractivity contribution >= 4 is 35.5 Å². The lowest BCUT2D eigenvalue weighted by atomic mass is 9.95. The number of carbonyl (C=O) groups excluding carboxylic acids is 4. The maximum absolute atomic E-state index is 14.8. The number of anilines is 1. The van der Waals surface area contributed by atoms with E-state index in [1.165, 1.54) is 17.0 Å². The summed E-state index contributed by atoms with van der Waals surface area (Å²) in [6.45, 7) is 5.21. The molecule has 3 aliphatic rings. The molecule has 1 unspecified atom stereocenters. The lowest BCUT2D eigenvalue weighted by Gasteiger charge is -2.30. The zero-order valence-electron chi connectivity index (χ0n) is 17.1. The number of ether oxygens (including phenoxy) is 1.